The van der Waals surface area contributed by atoms with Crippen LogP contribution in [0.4, 0.5) is 0 Å². The highest BCUT2D eigenvalue weighted by Crippen LogP contribution is 2.15. The third-order valence-corrected chi connectivity index (χ3v) is 2.30. The Bertz CT molecular complexity index is 243. The zero-order valence-corrected chi connectivity index (χ0v) is 8.88. The number of hydrogen-bond acceptors (Lipinski definition) is 2. The Morgan fingerprint density at radius 3 is 2.17 bits per heavy atom. The molecular weight excluding hydrogens is 216 g/mol. The van der Waals surface area contributed by atoms with Crippen LogP contribution in [-0.4, -0.2) is 19.0 Å². The molecule has 0 heterocycles. The molecule has 12 heavy (non-hydrogen) atoms. The Morgan fingerprint density at radius 1 is 1.25 bits per heavy atom. The lowest BCUT2D eigenvalue weighted by atomic mass is 10.2. The molecule has 66 valence electrons. The normalized spacial score (nSPS) is 13.4. The van der Waals surface area contributed by atoms with Crippen molar-refractivity contribution in [2.75, 3.05) is 14.1 Å². The molecule has 1 rings (SSSR count). The lowest BCUT2D eigenvalue weighted by Gasteiger charge is -2.19. The van der Waals surface area contributed by atoms with Crippen molar-refractivity contribution in [1.29, 1.82) is 0 Å². The first-order valence-corrected chi connectivity index (χ1v) is 4.58. The van der Waals surface area contributed by atoms with Crippen molar-refractivity contribution in [1.82, 2.24) is 4.90 Å². The fourth-order valence-corrected chi connectivity index (χ4v) is 1.22. The van der Waals surface area contributed by atoms with Crippen LogP contribution in [0.2, 0.25) is 0 Å². The molecule has 1 unspecified atom stereocenters. The van der Waals surface area contributed by atoms with Gasteiger partial charge < -0.3 is 5.73 Å². The van der Waals surface area contributed by atoms with Crippen LogP contribution in [0.5, 0.6) is 0 Å². The van der Waals surface area contributed by atoms with Gasteiger partial charge in [0.2, 0.25) is 0 Å². The quantitative estimate of drug-likeness (QED) is 0.785. The van der Waals surface area contributed by atoms with E-state index in [-0.39, 0.29) is 6.17 Å². The van der Waals surface area contributed by atoms with Crippen molar-refractivity contribution < 1.29 is 0 Å². The molecule has 0 aromatic heterocycles. The van der Waals surface area contributed by atoms with E-state index in [1.54, 1.807) is 0 Å². The zero-order valence-electron chi connectivity index (χ0n) is 7.29. The van der Waals surface area contributed by atoms with Gasteiger partial charge in [-0.15, -0.1) is 0 Å². The van der Waals surface area contributed by atoms with E-state index in [2.05, 4.69) is 15.9 Å². The molecule has 0 aliphatic carbocycles. The number of halogens is 1. The second-order valence-corrected chi connectivity index (χ2v) is 3.88. The van der Waals surface area contributed by atoms with Gasteiger partial charge in [-0.05, 0) is 31.8 Å². The predicted molar refractivity (Wildman–Crippen MR) is 54.8 cm³/mol. The van der Waals surface area contributed by atoms with E-state index in [1.807, 2.05) is 43.3 Å². The fraction of sp³-hybridized carbons (Fsp3) is 0.333. The molecule has 0 radical (unpaired) electrons. The Kier molecular flexibility index (Phi) is 3.26. The van der Waals surface area contributed by atoms with E-state index >= 15 is 0 Å². The third kappa shape index (κ3) is 2.30. The summed E-state index contributed by atoms with van der Waals surface area (Å²) in [7, 11) is 3.93. The van der Waals surface area contributed by atoms with Crippen molar-refractivity contribution in [2.24, 2.45) is 5.73 Å². The maximum absolute atomic E-state index is 5.90. The van der Waals surface area contributed by atoms with Gasteiger partial charge in [-0.3, -0.25) is 4.90 Å². The van der Waals surface area contributed by atoms with Crippen LogP contribution >= 0.6 is 15.9 Å². The van der Waals surface area contributed by atoms with Crippen LogP contribution in [-0.2, 0) is 0 Å². The molecule has 0 aliphatic heterocycles. The molecule has 0 aliphatic rings. The first kappa shape index (κ1) is 9.71. The molecule has 0 bridgehead atoms. The first-order valence-electron chi connectivity index (χ1n) is 3.78. The lowest BCUT2D eigenvalue weighted by molar-refractivity contribution is 0.307. The maximum atomic E-state index is 5.90. The summed E-state index contributed by atoms with van der Waals surface area (Å²) >= 11 is 3.38. The van der Waals surface area contributed by atoms with E-state index in [1.165, 1.54) is 0 Å². The molecule has 0 saturated carbocycles. The summed E-state index contributed by atoms with van der Waals surface area (Å²) in [6, 6.07) is 8.04. The highest BCUT2D eigenvalue weighted by atomic mass is 79.9. The fourth-order valence-electron chi connectivity index (χ4n) is 0.958. The van der Waals surface area contributed by atoms with Crippen LogP contribution < -0.4 is 5.73 Å². The smallest absolute Gasteiger partial charge is 0.0830 e. The summed E-state index contributed by atoms with van der Waals surface area (Å²) in [6.07, 6.45) is -0.0156. The minimum absolute atomic E-state index is 0.0156. The SMILES string of the molecule is CN(C)C(N)c1ccc(Br)cc1. The highest BCUT2D eigenvalue weighted by Gasteiger charge is 2.06. The highest BCUT2D eigenvalue weighted by molar-refractivity contribution is 9.10. The molecular formula is C9H13BrN2. The van der Waals surface area contributed by atoms with Gasteiger partial charge in [0, 0.05) is 4.47 Å². The molecule has 0 amide bonds. The minimum atomic E-state index is -0.0156. The summed E-state index contributed by atoms with van der Waals surface area (Å²) in [5.74, 6) is 0. The van der Waals surface area contributed by atoms with Crippen LogP contribution in [0.3, 0.4) is 0 Å². The average molecular weight is 229 g/mol. The summed E-state index contributed by atoms with van der Waals surface area (Å²) in [6.45, 7) is 0. The number of hydrogen-bond donors (Lipinski definition) is 1. The zero-order chi connectivity index (χ0) is 9.14. The summed E-state index contributed by atoms with van der Waals surface area (Å²) in [5.41, 5.74) is 7.03. The number of rotatable bonds is 2. The monoisotopic (exact) mass is 228 g/mol. The molecule has 1 atom stereocenters. The second kappa shape index (κ2) is 4.03. The molecule has 1 aromatic rings. The Hall–Kier alpha value is -0.380. The van der Waals surface area contributed by atoms with Crippen LogP contribution in [0.1, 0.15) is 11.7 Å². The van der Waals surface area contributed by atoms with E-state index in [0.29, 0.717) is 0 Å². The average Bonchev–Trinajstić information content (AvgIpc) is 2.04. The van der Waals surface area contributed by atoms with Gasteiger partial charge in [0.1, 0.15) is 0 Å². The minimum Gasteiger partial charge on any atom is -0.312 e. The van der Waals surface area contributed by atoms with Crippen LogP contribution in [0.15, 0.2) is 28.7 Å². The van der Waals surface area contributed by atoms with Crippen molar-refractivity contribution in [3.05, 3.63) is 34.3 Å². The molecule has 0 spiro atoms. The predicted octanol–water partition coefficient (Wildman–Crippen LogP) is 1.97. The lowest BCUT2D eigenvalue weighted by Crippen LogP contribution is -2.27. The van der Waals surface area contributed by atoms with Gasteiger partial charge in [0.15, 0.2) is 0 Å². The van der Waals surface area contributed by atoms with Gasteiger partial charge in [0.05, 0.1) is 6.17 Å². The van der Waals surface area contributed by atoms with Crippen LogP contribution in [0, 0.1) is 0 Å². The number of benzene rings is 1. The van der Waals surface area contributed by atoms with Crippen molar-refractivity contribution in [3.8, 4) is 0 Å². The second-order valence-electron chi connectivity index (χ2n) is 2.96. The van der Waals surface area contributed by atoms with Gasteiger partial charge in [-0.25, -0.2) is 0 Å². The number of nitrogens with two attached hydrogens (primary N) is 1. The molecule has 1 aromatic carbocycles. The van der Waals surface area contributed by atoms with Gasteiger partial charge >= 0.3 is 0 Å². The third-order valence-electron chi connectivity index (χ3n) is 1.77. The molecule has 0 fully saturated rings. The molecule has 3 heteroatoms. The first-order chi connectivity index (χ1) is 5.61. The summed E-state index contributed by atoms with van der Waals surface area (Å²) < 4.78 is 1.08. The van der Waals surface area contributed by atoms with E-state index in [9.17, 15) is 0 Å². The van der Waals surface area contributed by atoms with Gasteiger partial charge in [-0.1, -0.05) is 28.1 Å². The van der Waals surface area contributed by atoms with E-state index in [0.717, 1.165) is 10.0 Å². The Labute approximate surface area is 81.5 Å². The van der Waals surface area contributed by atoms with Crippen molar-refractivity contribution in [3.63, 3.8) is 0 Å². The number of nitrogens with zero attached hydrogens (tertiary/aromatic N) is 1. The largest absolute Gasteiger partial charge is 0.312 e. The standard InChI is InChI=1S/C9H13BrN2/c1-12(2)9(11)7-3-5-8(10)6-4-7/h3-6,9H,11H2,1-2H3. The molecule has 0 saturated heterocycles. The summed E-state index contributed by atoms with van der Waals surface area (Å²) in [5, 5.41) is 0. The van der Waals surface area contributed by atoms with Crippen LogP contribution in [0.25, 0.3) is 0 Å². The van der Waals surface area contributed by atoms with Crippen molar-refractivity contribution in [2.45, 2.75) is 6.17 Å². The Balaban J connectivity index is 2.82. The van der Waals surface area contributed by atoms with E-state index in [4.69, 9.17) is 5.73 Å². The maximum Gasteiger partial charge on any atom is 0.0830 e. The Morgan fingerprint density at radius 2 is 1.75 bits per heavy atom. The molecule has 2 N–H and O–H groups in total. The van der Waals surface area contributed by atoms with Gasteiger partial charge in [-0.2, -0.15) is 0 Å². The van der Waals surface area contributed by atoms with E-state index < -0.39 is 0 Å². The van der Waals surface area contributed by atoms with Gasteiger partial charge in [0.25, 0.3) is 0 Å². The van der Waals surface area contributed by atoms with Crippen molar-refractivity contribution >= 4 is 15.9 Å². The topological polar surface area (TPSA) is 29.3 Å². The molecule has 2 nitrogen and oxygen atoms in total. The summed E-state index contributed by atoms with van der Waals surface area (Å²) in [4.78, 5) is 1.98.